The van der Waals surface area contributed by atoms with Gasteiger partial charge < -0.3 is 19.7 Å². The van der Waals surface area contributed by atoms with Crippen LogP contribution in [0.2, 0.25) is 0 Å². The highest BCUT2D eigenvalue weighted by molar-refractivity contribution is 5.59. The molecular formula is C20H20N4O2. The minimum Gasteiger partial charge on any atom is -0.437 e. The van der Waals surface area contributed by atoms with E-state index in [1.807, 2.05) is 54.6 Å². The summed E-state index contributed by atoms with van der Waals surface area (Å²) in [6.07, 6.45) is 3.50. The maximum Gasteiger partial charge on any atom is 0.243 e. The maximum atomic E-state index is 6.03. The summed E-state index contributed by atoms with van der Waals surface area (Å²) in [7, 11) is 0. The Morgan fingerprint density at radius 1 is 0.885 bits per heavy atom. The molecule has 3 aromatic rings. The Balaban J connectivity index is 1.47. The number of nitrogens with zero attached hydrogens (tertiary/aromatic N) is 3. The van der Waals surface area contributed by atoms with Crippen molar-refractivity contribution in [1.82, 2.24) is 9.97 Å². The number of aromatic nitrogens is 2. The number of hydrogen-bond acceptors (Lipinski definition) is 6. The fraction of sp³-hybridized carbons (Fsp3) is 0.200. The molecule has 3 heterocycles. The van der Waals surface area contributed by atoms with Crippen LogP contribution >= 0.6 is 0 Å². The molecule has 0 radical (unpaired) electrons. The molecule has 0 atom stereocenters. The Kier molecular flexibility index (Phi) is 4.93. The molecule has 0 aliphatic carbocycles. The van der Waals surface area contributed by atoms with E-state index in [0.717, 1.165) is 49.2 Å². The van der Waals surface area contributed by atoms with E-state index in [1.165, 1.54) is 0 Å². The van der Waals surface area contributed by atoms with Crippen LogP contribution in [0.25, 0.3) is 0 Å². The van der Waals surface area contributed by atoms with E-state index < -0.39 is 0 Å². The van der Waals surface area contributed by atoms with Crippen LogP contribution < -0.4 is 15.0 Å². The van der Waals surface area contributed by atoms with Gasteiger partial charge in [0.05, 0.1) is 13.2 Å². The molecule has 26 heavy (non-hydrogen) atoms. The predicted octanol–water partition coefficient (Wildman–Crippen LogP) is 3.85. The summed E-state index contributed by atoms with van der Waals surface area (Å²) in [6, 6.07) is 17.5. The van der Waals surface area contributed by atoms with Gasteiger partial charge in [-0.05, 0) is 48.5 Å². The van der Waals surface area contributed by atoms with Gasteiger partial charge >= 0.3 is 0 Å². The molecule has 1 fully saturated rings. The second-order valence-corrected chi connectivity index (χ2v) is 5.89. The maximum absolute atomic E-state index is 6.03. The Morgan fingerprint density at radius 2 is 1.69 bits per heavy atom. The Labute approximate surface area is 152 Å². The topological polar surface area (TPSA) is 59.5 Å². The van der Waals surface area contributed by atoms with Crippen LogP contribution in [0.5, 0.6) is 11.6 Å². The first-order chi connectivity index (χ1) is 12.9. The van der Waals surface area contributed by atoms with Gasteiger partial charge in [-0.1, -0.05) is 6.07 Å². The van der Waals surface area contributed by atoms with Crippen molar-refractivity contribution < 1.29 is 9.47 Å². The second kappa shape index (κ2) is 7.84. The van der Waals surface area contributed by atoms with Crippen molar-refractivity contribution in [3.63, 3.8) is 0 Å². The average Bonchev–Trinajstić information content (AvgIpc) is 2.71. The number of nitrogens with one attached hydrogen (secondary N) is 1. The molecule has 1 aromatic carbocycles. The molecule has 0 amide bonds. The van der Waals surface area contributed by atoms with E-state index in [0.29, 0.717) is 5.88 Å². The van der Waals surface area contributed by atoms with Crippen molar-refractivity contribution in [2.75, 3.05) is 36.5 Å². The second-order valence-electron chi connectivity index (χ2n) is 5.89. The number of hydrogen-bond donors (Lipinski definition) is 1. The molecule has 0 saturated carbocycles. The molecule has 6 heteroatoms. The molecule has 1 saturated heterocycles. The molecule has 0 bridgehead atoms. The van der Waals surface area contributed by atoms with Gasteiger partial charge in [-0.15, -0.1) is 0 Å². The molecule has 4 rings (SSSR count). The van der Waals surface area contributed by atoms with Crippen LogP contribution in [0.3, 0.4) is 0 Å². The van der Waals surface area contributed by atoms with Crippen LogP contribution in [0.15, 0.2) is 67.0 Å². The first-order valence-corrected chi connectivity index (χ1v) is 8.62. The molecule has 2 aromatic heterocycles. The SMILES string of the molecule is c1ccc(Nc2ccc(Oc3ncccc3N3CCOCC3)cc2)nc1. The van der Waals surface area contributed by atoms with Gasteiger partial charge in [0.1, 0.15) is 17.3 Å². The third-order valence-electron chi connectivity index (χ3n) is 4.11. The summed E-state index contributed by atoms with van der Waals surface area (Å²) < 4.78 is 11.5. The van der Waals surface area contributed by atoms with E-state index >= 15 is 0 Å². The lowest BCUT2D eigenvalue weighted by Crippen LogP contribution is -2.36. The lowest BCUT2D eigenvalue weighted by atomic mass is 10.3. The monoisotopic (exact) mass is 348 g/mol. The first kappa shape index (κ1) is 16.4. The molecule has 1 aliphatic rings. The molecule has 0 unspecified atom stereocenters. The van der Waals surface area contributed by atoms with Gasteiger partial charge in [0.2, 0.25) is 5.88 Å². The fourth-order valence-corrected chi connectivity index (χ4v) is 2.81. The highest BCUT2D eigenvalue weighted by Gasteiger charge is 2.16. The van der Waals surface area contributed by atoms with E-state index in [1.54, 1.807) is 12.4 Å². The van der Waals surface area contributed by atoms with Gasteiger partial charge in [0.15, 0.2) is 0 Å². The van der Waals surface area contributed by atoms with Crippen molar-refractivity contribution in [3.8, 4) is 11.6 Å². The number of benzene rings is 1. The van der Waals surface area contributed by atoms with Gasteiger partial charge in [-0.2, -0.15) is 0 Å². The molecule has 132 valence electrons. The summed E-state index contributed by atoms with van der Waals surface area (Å²) in [5, 5.41) is 3.25. The first-order valence-electron chi connectivity index (χ1n) is 8.62. The minimum absolute atomic E-state index is 0.611. The smallest absolute Gasteiger partial charge is 0.243 e. The zero-order valence-corrected chi connectivity index (χ0v) is 14.3. The summed E-state index contributed by atoms with van der Waals surface area (Å²) in [5.74, 6) is 2.16. The van der Waals surface area contributed by atoms with Crippen LogP contribution in [0, 0.1) is 0 Å². The molecule has 1 N–H and O–H groups in total. The molecule has 6 nitrogen and oxygen atoms in total. The van der Waals surface area contributed by atoms with Crippen molar-refractivity contribution in [3.05, 3.63) is 67.0 Å². The Bertz CT molecular complexity index is 834. The summed E-state index contributed by atoms with van der Waals surface area (Å²) in [6.45, 7) is 3.13. The van der Waals surface area contributed by atoms with Gasteiger partial charge in [0.25, 0.3) is 0 Å². The van der Waals surface area contributed by atoms with Crippen molar-refractivity contribution in [2.24, 2.45) is 0 Å². The zero-order valence-electron chi connectivity index (χ0n) is 14.3. The lowest BCUT2D eigenvalue weighted by molar-refractivity contribution is 0.122. The minimum atomic E-state index is 0.611. The van der Waals surface area contributed by atoms with E-state index in [9.17, 15) is 0 Å². The third kappa shape index (κ3) is 3.92. The fourth-order valence-electron chi connectivity index (χ4n) is 2.81. The average molecular weight is 348 g/mol. The summed E-state index contributed by atoms with van der Waals surface area (Å²) in [5.41, 5.74) is 1.94. The van der Waals surface area contributed by atoms with Crippen molar-refractivity contribution in [1.29, 1.82) is 0 Å². The van der Waals surface area contributed by atoms with Crippen LogP contribution in [-0.2, 0) is 4.74 Å². The standard InChI is InChI=1S/C20H20N4O2/c1-2-10-21-19(5-1)23-16-6-8-17(9-7-16)26-20-18(4-3-11-22-20)24-12-14-25-15-13-24/h1-11H,12-15H2,(H,21,23). The van der Waals surface area contributed by atoms with Gasteiger partial charge in [0, 0.05) is 31.2 Å². The van der Waals surface area contributed by atoms with E-state index in [-0.39, 0.29) is 0 Å². The molecule has 1 aliphatic heterocycles. The largest absolute Gasteiger partial charge is 0.437 e. The number of morpholine rings is 1. The van der Waals surface area contributed by atoms with Gasteiger partial charge in [-0.25, -0.2) is 9.97 Å². The number of pyridine rings is 2. The Hall–Kier alpha value is -3.12. The Morgan fingerprint density at radius 3 is 2.46 bits per heavy atom. The van der Waals surface area contributed by atoms with E-state index in [2.05, 4.69) is 20.2 Å². The van der Waals surface area contributed by atoms with Crippen molar-refractivity contribution in [2.45, 2.75) is 0 Å². The number of ether oxygens (including phenoxy) is 2. The highest BCUT2D eigenvalue weighted by atomic mass is 16.5. The van der Waals surface area contributed by atoms with Crippen molar-refractivity contribution >= 4 is 17.2 Å². The highest BCUT2D eigenvalue weighted by Crippen LogP contribution is 2.31. The third-order valence-corrected chi connectivity index (χ3v) is 4.11. The molecular weight excluding hydrogens is 328 g/mol. The van der Waals surface area contributed by atoms with Crippen LogP contribution in [0.1, 0.15) is 0 Å². The summed E-state index contributed by atoms with van der Waals surface area (Å²) in [4.78, 5) is 10.9. The lowest BCUT2D eigenvalue weighted by Gasteiger charge is -2.29. The quantitative estimate of drug-likeness (QED) is 0.756. The summed E-state index contributed by atoms with van der Waals surface area (Å²) >= 11 is 0. The van der Waals surface area contributed by atoms with E-state index in [4.69, 9.17) is 9.47 Å². The zero-order chi connectivity index (χ0) is 17.6. The number of rotatable bonds is 5. The molecule has 0 spiro atoms. The predicted molar refractivity (Wildman–Crippen MR) is 101 cm³/mol. The normalized spacial score (nSPS) is 14.1. The van der Waals surface area contributed by atoms with Crippen LogP contribution in [-0.4, -0.2) is 36.3 Å². The number of anilines is 3. The van der Waals surface area contributed by atoms with Crippen LogP contribution in [0.4, 0.5) is 17.2 Å². The van der Waals surface area contributed by atoms with Gasteiger partial charge in [-0.3, -0.25) is 0 Å².